The first-order chi connectivity index (χ1) is 9.50. The van der Waals surface area contributed by atoms with Crippen LogP contribution in [0, 0.1) is 0 Å². The summed E-state index contributed by atoms with van der Waals surface area (Å²) >= 11 is 3.21. The fourth-order valence-electron chi connectivity index (χ4n) is 2.06. The van der Waals surface area contributed by atoms with Gasteiger partial charge in [0.05, 0.1) is 10.6 Å². The van der Waals surface area contributed by atoms with Gasteiger partial charge in [-0.2, -0.15) is 0 Å². The molecule has 0 spiro atoms. The fourth-order valence-corrected chi connectivity index (χ4v) is 4.19. The molecule has 7 nitrogen and oxygen atoms in total. The van der Waals surface area contributed by atoms with Crippen molar-refractivity contribution >= 4 is 47.4 Å². The van der Waals surface area contributed by atoms with Crippen molar-refractivity contribution in [2.24, 2.45) is 5.14 Å². The standard InChI is InChI=1S/C11H13BrN2O5S2/c1-20(16,17)7-2-3-10(9(12)4-7)14-6-8(5-11(14)15)21(13,18)19/h2-4,8H,5-6H2,1H3,(H2,13,18,19). The van der Waals surface area contributed by atoms with Gasteiger partial charge in [-0.1, -0.05) is 0 Å². The lowest BCUT2D eigenvalue weighted by atomic mass is 10.3. The Kier molecular flexibility index (Phi) is 4.17. The van der Waals surface area contributed by atoms with Gasteiger partial charge in [0.15, 0.2) is 9.84 Å². The van der Waals surface area contributed by atoms with Gasteiger partial charge >= 0.3 is 0 Å². The minimum Gasteiger partial charge on any atom is -0.310 e. The van der Waals surface area contributed by atoms with E-state index in [1.807, 2.05) is 0 Å². The van der Waals surface area contributed by atoms with Crippen molar-refractivity contribution < 1.29 is 21.6 Å². The minimum atomic E-state index is -3.79. The third-order valence-corrected chi connectivity index (χ3v) is 6.18. The van der Waals surface area contributed by atoms with E-state index in [-0.39, 0.29) is 23.8 Å². The zero-order valence-corrected chi connectivity index (χ0v) is 14.2. The summed E-state index contributed by atoms with van der Waals surface area (Å²) in [5.41, 5.74) is 0.415. The molecule has 1 aliphatic rings. The number of nitrogens with two attached hydrogens (primary N) is 1. The Morgan fingerprint density at radius 1 is 1.29 bits per heavy atom. The van der Waals surface area contributed by atoms with Crippen LogP contribution >= 0.6 is 15.9 Å². The molecule has 0 radical (unpaired) electrons. The maximum absolute atomic E-state index is 11.9. The highest BCUT2D eigenvalue weighted by molar-refractivity contribution is 9.10. The molecule has 1 atom stereocenters. The molecule has 1 saturated heterocycles. The van der Waals surface area contributed by atoms with Crippen LogP contribution < -0.4 is 10.0 Å². The topological polar surface area (TPSA) is 115 Å². The second-order valence-electron chi connectivity index (χ2n) is 4.80. The summed E-state index contributed by atoms with van der Waals surface area (Å²) in [6.45, 7) is -0.0471. The summed E-state index contributed by atoms with van der Waals surface area (Å²) in [5, 5.41) is 4.11. The monoisotopic (exact) mass is 396 g/mol. The molecule has 1 aromatic carbocycles. The molecule has 0 aromatic heterocycles. The number of nitrogens with zero attached hydrogens (tertiary/aromatic N) is 1. The summed E-state index contributed by atoms with van der Waals surface area (Å²) in [7, 11) is -7.16. The summed E-state index contributed by atoms with van der Waals surface area (Å²) in [5.74, 6) is -0.373. The molecule has 116 valence electrons. The highest BCUT2D eigenvalue weighted by atomic mass is 79.9. The third kappa shape index (κ3) is 3.44. The SMILES string of the molecule is CS(=O)(=O)c1ccc(N2CC(S(N)(=O)=O)CC2=O)c(Br)c1. The van der Waals surface area contributed by atoms with Crippen molar-refractivity contribution in [1.82, 2.24) is 0 Å². The maximum Gasteiger partial charge on any atom is 0.228 e. The van der Waals surface area contributed by atoms with Crippen LogP contribution in [0.4, 0.5) is 5.69 Å². The third-order valence-electron chi connectivity index (χ3n) is 3.19. The largest absolute Gasteiger partial charge is 0.310 e. The molecule has 10 heteroatoms. The van der Waals surface area contributed by atoms with Crippen molar-refractivity contribution in [1.29, 1.82) is 0 Å². The van der Waals surface area contributed by atoms with Crippen LogP contribution in [0.25, 0.3) is 0 Å². The highest BCUT2D eigenvalue weighted by Crippen LogP contribution is 2.32. The molecule has 1 amide bonds. The Labute approximate surface area is 131 Å². The van der Waals surface area contributed by atoms with Crippen LogP contribution in [0.3, 0.4) is 0 Å². The molecule has 1 aromatic rings. The van der Waals surface area contributed by atoms with E-state index < -0.39 is 25.1 Å². The second kappa shape index (κ2) is 5.34. The Balaban J connectivity index is 2.38. The van der Waals surface area contributed by atoms with Crippen LogP contribution in [0.15, 0.2) is 27.6 Å². The molecule has 1 aliphatic heterocycles. The van der Waals surface area contributed by atoms with Gasteiger partial charge < -0.3 is 4.90 Å². The zero-order chi connectivity index (χ0) is 16.0. The van der Waals surface area contributed by atoms with E-state index in [4.69, 9.17) is 5.14 Å². The predicted octanol–water partition coefficient (Wildman–Crippen LogP) is 0.246. The molecule has 1 unspecified atom stereocenters. The number of halogens is 1. The van der Waals surface area contributed by atoms with Gasteiger partial charge in [0.1, 0.15) is 5.25 Å². The quantitative estimate of drug-likeness (QED) is 0.785. The molecule has 21 heavy (non-hydrogen) atoms. The van der Waals surface area contributed by atoms with Gasteiger partial charge in [-0.25, -0.2) is 22.0 Å². The lowest BCUT2D eigenvalue weighted by Gasteiger charge is -2.18. The molecule has 1 fully saturated rings. The van der Waals surface area contributed by atoms with Gasteiger partial charge in [-0.3, -0.25) is 4.79 Å². The molecule has 1 heterocycles. The Morgan fingerprint density at radius 3 is 2.33 bits per heavy atom. The van der Waals surface area contributed by atoms with Crippen LogP contribution in [0.2, 0.25) is 0 Å². The number of anilines is 1. The smallest absolute Gasteiger partial charge is 0.228 e. The van der Waals surface area contributed by atoms with Crippen molar-refractivity contribution in [3.8, 4) is 0 Å². The summed E-state index contributed by atoms with van der Waals surface area (Å²) in [6.07, 6.45) is 0.894. The number of sulfonamides is 1. The first-order valence-electron chi connectivity index (χ1n) is 5.82. The predicted molar refractivity (Wildman–Crippen MR) is 81.1 cm³/mol. The number of benzene rings is 1. The van der Waals surface area contributed by atoms with Gasteiger partial charge in [-0.05, 0) is 34.1 Å². The Hall–Kier alpha value is -0.970. The Bertz CT molecular complexity index is 804. The number of hydrogen-bond donors (Lipinski definition) is 1. The number of sulfone groups is 1. The highest BCUT2D eigenvalue weighted by Gasteiger charge is 2.37. The normalized spacial score (nSPS) is 20.0. The van der Waals surface area contributed by atoms with Gasteiger partial charge in [0.2, 0.25) is 15.9 Å². The van der Waals surface area contributed by atoms with E-state index in [0.717, 1.165) is 6.26 Å². The van der Waals surface area contributed by atoms with E-state index in [2.05, 4.69) is 15.9 Å². The fraction of sp³-hybridized carbons (Fsp3) is 0.364. The lowest BCUT2D eigenvalue weighted by Crippen LogP contribution is -2.32. The second-order valence-corrected chi connectivity index (χ2v) is 9.52. The van der Waals surface area contributed by atoms with Crippen molar-refractivity contribution in [2.75, 3.05) is 17.7 Å². The van der Waals surface area contributed by atoms with Crippen LogP contribution in [-0.2, 0) is 24.7 Å². The molecule has 0 saturated carbocycles. The molecule has 0 bridgehead atoms. The van der Waals surface area contributed by atoms with Gasteiger partial charge in [-0.15, -0.1) is 0 Å². The minimum absolute atomic E-state index is 0.0471. The number of amides is 1. The average molecular weight is 397 g/mol. The molecule has 2 rings (SSSR count). The number of carbonyl (C=O) groups excluding carboxylic acids is 1. The zero-order valence-electron chi connectivity index (χ0n) is 11.0. The van der Waals surface area contributed by atoms with Crippen molar-refractivity contribution in [3.63, 3.8) is 0 Å². The van der Waals surface area contributed by atoms with Crippen LogP contribution in [0.5, 0.6) is 0 Å². The molecular formula is C11H13BrN2O5S2. The van der Waals surface area contributed by atoms with E-state index in [9.17, 15) is 21.6 Å². The Morgan fingerprint density at radius 2 is 1.90 bits per heavy atom. The maximum atomic E-state index is 11.9. The first-order valence-corrected chi connectivity index (χ1v) is 10.1. The number of hydrogen-bond acceptors (Lipinski definition) is 5. The van der Waals surface area contributed by atoms with E-state index in [0.29, 0.717) is 10.2 Å². The summed E-state index contributed by atoms with van der Waals surface area (Å²) < 4.78 is 46.0. The summed E-state index contributed by atoms with van der Waals surface area (Å²) in [6, 6.07) is 4.21. The number of carbonyl (C=O) groups is 1. The van der Waals surface area contributed by atoms with E-state index in [1.54, 1.807) is 0 Å². The number of rotatable bonds is 3. The molecular weight excluding hydrogens is 384 g/mol. The lowest BCUT2D eigenvalue weighted by molar-refractivity contribution is -0.117. The molecule has 0 aliphatic carbocycles. The number of primary sulfonamides is 1. The van der Waals surface area contributed by atoms with Crippen molar-refractivity contribution in [3.05, 3.63) is 22.7 Å². The van der Waals surface area contributed by atoms with Gasteiger partial charge in [0.25, 0.3) is 0 Å². The van der Waals surface area contributed by atoms with Crippen LogP contribution in [0.1, 0.15) is 6.42 Å². The van der Waals surface area contributed by atoms with Gasteiger partial charge in [0, 0.05) is 23.7 Å². The molecule has 2 N–H and O–H groups in total. The summed E-state index contributed by atoms with van der Waals surface area (Å²) in [4.78, 5) is 13.3. The average Bonchev–Trinajstić information content (AvgIpc) is 2.70. The van der Waals surface area contributed by atoms with Crippen molar-refractivity contribution in [2.45, 2.75) is 16.6 Å². The van der Waals surface area contributed by atoms with E-state index >= 15 is 0 Å². The first kappa shape index (κ1) is 16.4. The van der Waals surface area contributed by atoms with Crippen LogP contribution in [-0.4, -0.2) is 40.8 Å². The van der Waals surface area contributed by atoms with E-state index in [1.165, 1.54) is 23.1 Å².